The summed E-state index contributed by atoms with van der Waals surface area (Å²) in [5.74, 6) is 1.65. The maximum atomic E-state index is 11.1. The van der Waals surface area contributed by atoms with Crippen molar-refractivity contribution in [1.82, 2.24) is 0 Å². The van der Waals surface area contributed by atoms with Gasteiger partial charge >= 0.3 is 0 Å². The summed E-state index contributed by atoms with van der Waals surface area (Å²) in [6, 6.07) is 2.26. The lowest BCUT2D eigenvalue weighted by Crippen LogP contribution is -2.35. The van der Waals surface area contributed by atoms with Crippen LogP contribution in [-0.4, -0.2) is 33.6 Å². The SMILES string of the molecule is C=C1/C(=C\C=C2/CCC[C@]3(C)[C@@H]([C@H](C)/C=C/[C@@H](O)C4(c5cc(C)cs5)CC4)CC[C@@H]23)C[C@@H](O)CC1O. The predicted molar refractivity (Wildman–Crippen MR) is 149 cm³/mol. The first kappa shape index (κ1) is 26.2. The third-order valence-electron chi connectivity index (χ3n) is 10.1. The van der Waals surface area contributed by atoms with Gasteiger partial charge in [-0.1, -0.05) is 50.3 Å². The van der Waals surface area contributed by atoms with Crippen LogP contribution in [0.5, 0.6) is 0 Å². The summed E-state index contributed by atoms with van der Waals surface area (Å²) in [6.07, 6.45) is 16.6. The Morgan fingerprint density at radius 2 is 1.92 bits per heavy atom. The van der Waals surface area contributed by atoms with Crippen LogP contribution in [0.15, 0.2) is 59.0 Å². The molecule has 3 N–H and O–H groups in total. The highest BCUT2D eigenvalue weighted by molar-refractivity contribution is 7.10. The average molecular weight is 509 g/mol. The highest BCUT2D eigenvalue weighted by Gasteiger charge is 2.52. The minimum Gasteiger partial charge on any atom is -0.393 e. The summed E-state index contributed by atoms with van der Waals surface area (Å²) in [5, 5.41) is 33.7. The van der Waals surface area contributed by atoms with Gasteiger partial charge in [0.25, 0.3) is 0 Å². The zero-order chi connectivity index (χ0) is 25.7. The van der Waals surface area contributed by atoms with Crippen LogP contribution < -0.4 is 0 Å². The Hall–Kier alpha value is -1.46. The Labute approximate surface area is 221 Å². The predicted octanol–water partition coefficient (Wildman–Crippen LogP) is 6.78. The normalized spacial score (nSPS) is 38.0. The number of hydrogen-bond acceptors (Lipinski definition) is 4. The zero-order valence-corrected chi connectivity index (χ0v) is 23.1. The van der Waals surface area contributed by atoms with Crippen LogP contribution >= 0.6 is 11.3 Å². The summed E-state index contributed by atoms with van der Waals surface area (Å²) in [5.41, 5.74) is 4.83. The van der Waals surface area contributed by atoms with E-state index in [-0.39, 0.29) is 10.8 Å². The average Bonchev–Trinajstić information content (AvgIpc) is 3.41. The molecule has 1 unspecified atom stereocenters. The number of aliphatic hydroxyl groups is 3. The van der Waals surface area contributed by atoms with E-state index in [9.17, 15) is 15.3 Å². The van der Waals surface area contributed by atoms with E-state index in [1.165, 1.54) is 41.7 Å². The molecule has 36 heavy (non-hydrogen) atoms. The first-order valence-corrected chi connectivity index (χ1v) is 14.9. The van der Waals surface area contributed by atoms with E-state index >= 15 is 0 Å². The lowest BCUT2D eigenvalue weighted by Gasteiger charge is -2.44. The highest BCUT2D eigenvalue weighted by atomic mass is 32.1. The second kappa shape index (κ2) is 10.0. The Morgan fingerprint density at radius 1 is 1.14 bits per heavy atom. The largest absolute Gasteiger partial charge is 0.393 e. The van der Waals surface area contributed by atoms with Gasteiger partial charge in [-0.15, -0.1) is 11.3 Å². The summed E-state index contributed by atoms with van der Waals surface area (Å²) < 4.78 is 0. The topological polar surface area (TPSA) is 60.7 Å². The molecule has 4 heteroatoms. The molecular weight excluding hydrogens is 464 g/mol. The maximum Gasteiger partial charge on any atom is 0.0825 e. The number of hydrogen-bond donors (Lipinski definition) is 3. The van der Waals surface area contributed by atoms with Gasteiger partial charge in [0.15, 0.2) is 0 Å². The molecule has 0 bridgehead atoms. The number of allylic oxidation sites excluding steroid dienone is 4. The van der Waals surface area contributed by atoms with E-state index in [0.717, 1.165) is 30.4 Å². The van der Waals surface area contributed by atoms with E-state index < -0.39 is 18.3 Å². The summed E-state index contributed by atoms with van der Waals surface area (Å²) in [7, 11) is 0. The van der Waals surface area contributed by atoms with Crippen molar-refractivity contribution < 1.29 is 15.3 Å². The van der Waals surface area contributed by atoms with Gasteiger partial charge in [-0.25, -0.2) is 0 Å². The minimum atomic E-state index is -0.632. The Morgan fingerprint density at radius 3 is 2.61 bits per heavy atom. The fourth-order valence-electron chi connectivity index (χ4n) is 7.72. The fraction of sp³-hybridized carbons (Fsp3) is 0.625. The standard InChI is InChI=1S/C32H44O3S/c1-20-16-30(36-19-20)32(14-15-32)29(35)12-7-21(2)26-10-11-27-23(6-5-13-31(26,27)4)8-9-24-17-25(33)18-28(34)22(24)3/h7-9,12,16,19,21,25-29,33-35H,3,5-6,10-11,13-15,17-18H2,1-2,4H3/b12-7+,23-8+,24-9-/t21-,25-,26-,27+,28?,29-,31-/m1/s1. The van der Waals surface area contributed by atoms with Crippen LogP contribution in [0.4, 0.5) is 0 Å². The highest BCUT2D eigenvalue weighted by Crippen LogP contribution is 2.60. The molecule has 0 aromatic carbocycles. The van der Waals surface area contributed by atoms with Crippen molar-refractivity contribution >= 4 is 11.3 Å². The van der Waals surface area contributed by atoms with Gasteiger partial charge in [-0.05, 0) is 110 Å². The lowest BCUT2D eigenvalue weighted by molar-refractivity contribution is 0.0862. The molecular formula is C32H44O3S. The quantitative estimate of drug-likeness (QED) is 0.371. The molecule has 4 saturated carbocycles. The van der Waals surface area contributed by atoms with E-state index in [2.05, 4.69) is 63.1 Å². The monoisotopic (exact) mass is 508 g/mol. The van der Waals surface area contributed by atoms with E-state index in [1.807, 2.05) is 0 Å². The number of thiophene rings is 1. The Bertz CT molecular complexity index is 1070. The molecule has 7 atom stereocenters. The van der Waals surface area contributed by atoms with Crippen LogP contribution in [0, 0.1) is 30.1 Å². The van der Waals surface area contributed by atoms with Crippen molar-refractivity contribution in [2.75, 3.05) is 0 Å². The van der Waals surface area contributed by atoms with E-state index in [4.69, 9.17) is 0 Å². The van der Waals surface area contributed by atoms with Gasteiger partial charge in [0, 0.05) is 16.7 Å². The van der Waals surface area contributed by atoms with E-state index in [0.29, 0.717) is 30.6 Å². The van der Waals surface area contributed by atoms with Gasteiger partial charge < -0.3 is 15.3 Å². The van der Waals surface area contributed by atoms with Crippen LogP contribution in [0.3, 0.4) is 0 Å². The first-order chi connectivity index (χ1) is 17.1. The molecule has 196 valence electrons. The van der Waals surface area contributed by atoms with Gasteiger partial charge in [0.2, 0.25) is 0 Å². The van der Waals surface area contributed by atoms with Crippen molar-refractivity contribution in [2.45, 2.75) is 102 Å². The number of aliphatic hydroxyl groups excluding tert-OH is 3. The van der Waals surface area contributed by atoms with Crippen LogP contribution in [0.25, 0.3) is 0 Å². The molecule has 0 radical (unpaired) electrons. The third kappa shape index (κ3) is 4.75. The molecule has 1 aromatic heterocycles. The number of fused-ring (bicyclic) bond motifs is 1. The first-order valence-electron chi connectivity index (χ1n) is 14.0. The lowest BCUT2D eigenvalue weighted by atomic mass is 9.61. The molecule has 1 heterocycles. The molecule has 4 aliphatic rings. The molecule has 5 rings (SSSR count). The zero-order valence-electron chi connectivity index (χ0n) is 22.2. The molecule has 1 aromatic rings. The van der Waals surface area contributed by atoms with Crippen molar-refractivity contribution in [3.05, 3.63) is 69.5 Å². The van der Waals surface area contributed by atoms with Gasteiger partial charge in [-0.2, -0.15) is 0 Å². The van der Waals surface area contributed by atoms with Crippen molar-refractivity contribution in [3.63, 3.8) is 0 Å². The molecule has 4 fully saturated rings. The second-order valence-electron chi connectivity index (χ2n) is 12.5. The number of rotatable bonds is 6. The van der Waals surface area contributed by atoms with Crippen LogP contribution in [-0.2, 0) is 5.41 Å². The van der Waals surface area contributed by atoms with Crippen molar-refractivity contribution in [3.8, 4) is 0 Å². The Balaban J connectivity index is 1.29. The van der Waals surface area contributed by atoms with Gasteiger partial charge in [0.05, 0.1) is 18.3 Å². The van der Waals surface area contributed by atoms with Gasteiger partial charge in [-0.3, -0.25) is 0 Å². The molecule has 3 nitrogen and oxygen atoms in total. The molecule has 0 saturated heterocycles. The minimum absolute atomic E-state index is 0.0458. The summed E-state index contributed by atoms with van der Waals surface area (Å²) >= 11 is 1.80. The van der Waals surface area contributed by atoms with Gasteiger partial charge in [0.1, 0.15) is 0 Å². The smallest absolute Gasteiger partial charge is 0.0825 e. The third-order valence-corrected chi connectivity index (χ3v) is 11.4. The molecule has 0 spiro atoms. The molecule has 4 aliphatic carbocycles. The Kier molecular flexibility index (Phi) is 7.28. The molecule has 0 amide bonds. The van der Waals surface area contributed by atoms with Crippen molar-refractivity contribution in [2.24, 2.45) is 23.2 Å². The van der Waals surface area contributed by atoms with Crippen LogP contribution in [0.1, 0.15) is 82.1 Å². The summed E-state index contributed by atoms with van der Waals surface area (Å²) in [6.45, 7) is 11.1. The van der Waals surface area contributed by atoms with Crippen molar-refractivity contribution in [1.29, 1.82) is 0 Å². The van der Waals surface area contributed by atoms with Crippen LogP contribution in [0.2, 0.25) is 0 Å². The maximum absolute atomic E-state index is 11.1. The fourth-order valence-corrected chi connectivity index (χ4v) is 8.92. The number of aryl methyl sites for hydroxylation is 1. The molecule has 0 aliphatic heterocycles. The second-order valence-corrected chi connectivity index (χ2v) is 13.4. The van der Waals surface area contributed by atoms with E-state index in [1.54, 1.807) is 11.3 Å². The summed E-state index contributed by atoms with van der Waals surface area (Å²) in [4.78, 5) is 1.34.